The fourth-order valence-corrected chi connectivity index (χ4v) is 2.94. The fourth-order valence-electron chi connectivity index (χ4n) is 2.94. The average molecular weight is 342 g/mol. The number of aryl methyl sites for hydroxylation is 2. The molecule has 0 aromatic heterocycles. The molecular weight excluding hydrogens is 316 g/mol. The van der Waals surface area contributed by atoms with Crippen LogP contribution in [0.1, 0.15) is 42.0 Å². The van der Waals surface area contributed by atoms with Crippen molar-refractivity contribution in [2.24, 2.45) is 0 Å². The second-order valence-corrected chi connectivity index (χ2v) is 6.09. The van der Waals surface area contributed by atoms with Crippen molar-refractivity contribution in [1.29, 1.82) is 0 Å². The molecule has 0 fully saturated rings. The second-order valence-electron chi connectivity index (χ2n) is 6.09. The van der Waals surface area contributed by atoms with Gasteiger partial charge in [-0.1, -0.05) is 29.8 Å². The Morgan fingerprint density at radius 1 is 1.04 bits per heavy atom. The SMILES string of the molecule is CCOc1ccc(CC(C(=O)O)c2cc(C)ccc2C)c(OCC)c1. The molecule has 0 aliphatic heterocycles. The van der Waals surface area contributed by atoms with E-state index in [1.165, 1.54) is 0 Å². The summed E-state index contributed by atoms with van der Waals surface area (Å²) in [6.45, 7) is 8.86. The lowest BCUT2D eigenvalue weighted by Crippen LogP contribution is -2.16. The molecule has 4 nitrogen and oxygen atoms in total. The molecule has 4 heteroatoms. The Morgan fingerprint density at radius 2 is 1.76 bits per heavy atom. The molecule has 25 heavy (non-hydrogen) atoms. The Morgan fingerprint density at radius 3 is 2.40 bits per heavy atom. The molecule has 0 radical (unpaired) electrons. The van der Waals surface area contributed by atoms with Crippen LogP contribution in [0.15, 0.2) is 36.4 Å². The van der Waals surface area contributed by atoms with Crippen molar-refractivity contribution >= 4 is 5.97 Å². The summed E-state index contributed by atoms with van der Waals surface area (Å²) in [4.78, 5) is 11.9. The lowest BCUT2D eigenvalue weighted by Gasteiger charge is -2.19. The number of carboxylic acids is 1. The minimum absolute atomic E-state index is 0.376. The molecule has 0 saturated carbocycles. The molecule has 0 aliphatic carbocycles. The molecule has 2 aromatic rings. The van der Waals surface area contributed by atoms with Crippen molar-refractivity contribution in [2.75, 3.05) is 13.2 Å². The quantitative estimate of drug-likeness (QED) is 0.767. The Balaban J connectivity index is 2.39. The number of benzene rings is 2. The molecule has 0 amide bonds. The number of hydrogen-bond donors (Lipinski definition) is 1. The van der Waals surface area contributed by atoms with E-state index >= 15 is 0 Å². The van der Waals surface area contributed by atoms with Crippen molar-refractivity contribution in [3.8, 4) is 11.5 Å². The summed E-state index contributed by atoms with van der Waals surface area (Å²) in [6.07, 6.45) is 0.376. The number of rotatable bonds is 8. The number of carboxylic acid groups (broad SMARTS) is 1. The van der Waals surface area contributed by atoms with Gasteiger partial charge in [-0.15, -0.1) is 0 Å². The van der Waals surface area contributed by atoms with E-state index in [9.17, 15) is 9.90 Å². The Labute approximate surface area is 149 Å². The molecule has 2 aromatic carbocycles. The zero-order chi connectivity index (χ0) is 18.4. The normalized spacial score (nSPS) is 11.8. The van der Waals surface area contributed by atoms with Crippen molar-refractivity contribution in [3.05, 3.63) is 58.7 Å². The molecule has 1 N–H and O–H groups in total. The van der Waals surface area contributed by atoms with Gasteiger partial charge in [0.1, 0.15) is 11.5 Å². The summed E-state index contributed by atoms with van der Waals surface area (Å²) >= 11 is 0. The largest absolute Gasteiger partial charge is 0.494 e. The highest BCUT2D eigenvalue weighted by Crippen LogP contribution is 2.32. The first-order valence-corrected chi connectivity index (χ1v) is 8.64. The number of carbonyl (C=O) groups is 1. The topological polar surface area (TPSA) is 55.8 Å². The van der Waals surface area contributed by atoms with Crippen molar-refractivity contribution in [1.82, 2.24) is 0 Å². The lowest BCUT2D eigenvalue weighted by atomic mass is 9.88. The van der Waals surface area contributed by atoms with Crippen LogP contribution in [-0.2, 0) is 11.2 Å². The van der Waals surface area contributed by atoms with Gasteiger partial charge in [0.25, 0.3) is 0 Å². The van der Waals surface area contributed by atoms with Crippen LogP contribution in [-0.4, -0.2) is 24.3 Å². The first kappa shape index (κ1) is 18.8. The van der Waals surface area contributed by atoms with E-state index in [1.807, 2.05) is 64.1 Å². The van der Waals surface area contributed by atoms with Crippen LogP contribution in [0.2, 0.25) is 0 Å². The predicted octanol–water partition coefficient (Wildman–Crippen LogP) is 4.51. The van der Waals surface area contributed by atoms with Gasteiger partial charge in [-0.25, -0.2) is 0 Å². The summed E-state index contributed by atoms with van der Waals surface area (Å²) in [6, 6.07) is 11.5. The third-order valence-electron chi connectivity index (χ3n) is 4.18. The van der Waals surface area contributed by atoms with Gasteiger partial charge in [-0.05, 0) is 56.9 Å². The summed E-state index contributed by atoms with van der Waals surface area (Å²) in [7, 11) is 0. The van der Waals surface area contributed by atoms with E-state index in [4.69, 9.17) is 9.47 Å². The average Bonchev–Trinajstić information content (AvgIpc) is 2.57. The van der Waals surface area contributed by atoms with Crippen LogP contribution < -0.4 is 9.47 Å². The maximum absolute atomic E-state index is 11.9. The van der Waals surface area contributed by atoms with Gasteiger partial charge < -0.3 is 14.6 Å². The van der Waals surface area contributed by atoms with Gasteiger partial charge >= 0.3 is 5.97 Å². The fraction of sp³-hybridized carbons (Fsp3) is 0.381. The first-order chi connectivity index (χ1) is 12.0. The molecule has 0 bridgehead atoms. The van der Waals surface area contributed by atoms with Crippen molar-refractivity contribution in [3.63, 3.8) is 0 Å². The minimum Gasteiger partial charge on any atom is -0.494 e. The standard InChI is InChI=1S/C21H26O4/c1-5-24-17-10-9-16(20(13-17)25-6-2)12-19(21(22)23)18-11-14(3)7-8-15(18)4/h7-11,13,19H,5-6,12H2,1-4H3,(H,22,23). The van der Waals surface area contributed by atoms with E-state index in [0.717, 1.165) is 28.0 Å². The number of ether oxygens (including phenoxy) is 2. The smallest absolute Gasteiger partial charge is 0.311 e. The van der Waals surface area contributed by atoms with Crippen LogP contribution in [0.5, 0.6) is 11.5 Å². The van der Waals surface area contributed by atoms with Gasteiger partial charge in [0.2, 0.25) is 0 Å². The summed E-state index contributed by atoms with van der Waals surface area (Å²) in [5.41, 5.74) is 3.77. The molecule has 0 heterocycles. The zero-order valence-corrected chi connectivity index (χ0v) is 15.3. The van der Waals surface area contributed by atoms with E-state index in [0.29, 0.717) is 25.4 Å². The lowest BCUT2D eigenvalue weighted by molar-refractivity contribution is -0.138. The molecule has 2 rings (SSSR count). The van der Waals surface area contributed by atoms with E-state index in [-0.39, 0.29) is 0 Å². The molecule has 1 unspecified atom stereocenters. The van der Waals surface area contributed by atoms with Gasteiger partial charge in [-0.2, -0.15) is 0 Å². The molecule has 0 spiro atoms. The van der Waals surface area contributed by atoms with Gasteiger partial charge in [0, 0.05) is 6.07 Å². The number of aliphatic carboxylic acids is 1. The zero-order valence-electron chi connectivity index (χ0n) is 15.3. The monoisotopic (exact) mass is 342 g/mol. The molecule has 1 atom stereocenters. The Kier molecular flexibility index (Phi) is 6.45. The van der Waals surface area contributed by atoms with E-state index in [1.54, 1.807) is 0 Å². The van der Waals surface area contributed by atoms with Crippen LogP contribution in [0.4, 0.5) is 0 Å². The van der Waals surface area contributed by atoms with Crippen molar-refractivity contribution in [2.45, 2.75) is 40.0 Å². The van der Waals surface area contributed by atoms with Gasteiger partial charge in [0.05, 0.1) is 19.1 Å². The summed E-state index contributed by atoms with van der Waals surface area (Å²) in [5.74, 6) is -0.0274. The first-order valence-electron chi connectivity index (χ1n) is 8.64. The maximum atomic E-state index is 11.9. The van der Waals surface area contributed by atoms with E-state index < -0.39 is 11.9 Å². The van der Waals surface area contributed by atoms with E-state index in [2.05, 4.69) is 0 Å². The third kappa shape index (κ3) is 4.75. The Hall–Kier alpha value is -2.49. The maximum Gasteiger partial charge on any atom is 0.311 e. The van der Waals surface area contributed by atoms with Gasteiger partial charge in [-0.3, -0.25) is 4.79 Å². The highest BCUT2D eigenvalue weighted by molar-refractivity contribution is 5.77. The van der Waals surface area contributed by atoms with Crippen LogP contribution >= 0.6 is 0 Å². The minimum atomic E-state index is -0.829. The molecule has 0 aliphatic rings. The summed E-state index contributed by atoms with van der Waals surface area (Å²) < 4.78 is 11.2. The second kappa shape index (κ2) is 8.56. The highest BCUT2D eigenvalue weighted by Gasteiger charge is 2.24. The number of hydrogen-bond acceptors (Lipinski definition) is 3. The Bertz CT molecular complexity index is 737. The summed E-state index contributed by atoms with van der Waals surface area (Å²) in [5, 5.41) is 9.80. The third-order valence-corrected chi connectivity index (χ3v) is 4.18. The van der Waals surface area contributed by atoms with Crippen LogP contribution in [0, 0.1) is 13.8 Å². The molecule has 0 saturated heterocycles. The highest BCUT2D eigenvalue weighted by atomic mass is 16.5. The van der Waals surface area contributed by atoms with Crippen LogP contribution in [0.25, 0.3) is 0 Å². The molecular formula is C21H26O4. The van der Waals surface area contributed by atoms with Crippen molar-refractivity contribution < 1.29 is 19.4 Å². The predicted molar refractivity (Wildman–Crippen MR) is 98.8 cm³/mol. The van der Waals surface area contributed by atoms with Gasteiger partial charge in [0.15, 0.2) is 0 Å². The van der Waals surface area contributed by atoms with Crippen LogP contribution in [0.3, 0.4) is 0 Å². The molecule has 134 valence electrons.